The second-order valence-electron chi connectivity index (χ2n) is 11.1. The Balaban J connectivity index is 1.43. The summed E-state index contributed by atoms with van der Waals surface area (Å²) in [4.78, 5) is 36.7. The van der Waals surface area contributed by atoms with Gasteiger partial charge in [-0.3, -0.25) is 4.72 Å². The molecule has 1 N–H and O–H groups in total. The molecule has 0 aliphatic carbocycles. The van der Waals surface area contributed by atoms with Crippen LogP contribution in [0.3, 0.4) is 0 Å². The molecule has 0 aromatic carbocycles. The number of nitrogens with zero attached hydrogens (tertiary/aromatic N) is 6. The lowest BCUT2D eigenvalue weighted by Crippen LogP contribution is -2.41. The van der Waals surface area contributed by atoms with Crippen LogP contribution >= 0.6 is 11.3 Å². The maximum absolute atomic E-state index is 13.2. The number of sulfonamides is 1. The number of pyridine rings is 2. The molecule has 0 saturated carbocycles. The Morgan fingerprint density at radius 2 is 1.83 bits per heavy atom. The number of piperidine rings is 1. The van der Waals surface area contributed by atoms with E-state index in [1.54, 1.807) is 31.0 Å². The summed E-state index contributed by atoms with van der Waals surface area (Å²) >= 11 is 1.10. The molecule has 0 atom stereocenters. The van der Waals surface area contributed by atoms with E-state index in [2.05, 4.69) is 24.7 Å². The van der Waals surface area contributed by atoms with Crippen molar-refractivity contribution in [1.82, 2.24) is 29.8 Å². The van der Waals surface area contributed by atoms with Crippen LogP contribution in [0.25, 0.3) is 22.3 Å². The minimum Gasteiger partial charge on any atom is -0.480 e. The summed E-state index contributed by atoms with van der Waals surface area (Å²) in [6.07, 6.45) is 4.22. The van der Waals surface area contributed by atoms with Gasteiger partial charge < -0.3 is 14.4 Å². The zero-order valence-corrected chi connectivity index (χ0v) is 26.0. The number of fused-ring (bicyclic) bond motifs is 1. The molecular formula is C28H33N7O5S2. The van der Waals surface area contributed by atoms with E-state index < -0.39 is 15.6 Å². The van der Waals surface area contributed by atoms with E-state index in [1.165, 1.54) is 13.4 Å². The molecule has 4 aromatic rings. The van der Waals surface area contributed by atoms with Gasteiger partial charge in [-0.05, 0) is 65.7 Å². The van der Waals surface area contributed by atoms with Gasteiger partial charge in [0.25, 0.3) is 10.0 Å². The Labute approximate surface area is 248 Å². The fourth-order valence-corrected chi connectivity index (χ4v) is 7.39. The molecule has 1 amide bonds. The first kappa shape index (κ1) is 29.6. The maximum atomic E-state index is 13.2. The Morgan fingerprint density at radius 3 is 2.48 bits per heavy atom. The molecule has 14 heteroatoms. The van der Waals surface area contributed by atoms with Gasteiger partial charge in [-0.25, -0.2) is 38.1 Å². The third-order valence-electron chi connectivity index (χ3n) is 6.73. The first-order valence-electron chi connectivity index (χ1n) is 13.5. The van der Waals surface area contributed by atoms with Gasteiger partial charge in [0.2, 0.25) is 5.88 Å². The molecule has 1 aliphatic heterocycles. The fraction of sp³-hybridized carbons (Fsp3) is 0.429. The molecule has 4 aromatic heterocycles. The molecule has 0 radical (unpaired) electrons. The minimum absolute atomic E-state index is 0.0828. The van der Waals surface area contributed by atoms with Crippen LogP contribution in [-0.4, -0.2) is 70.1 Å². The molecule has 12 nitrogen and oxygen atoms in total. The molecule has 1 fully saturated rings. The van der Waals surface area contributed by atoms with Crippen molar-refractivity contribution in [2.24, 2.45) is 0 Å². The van der Waals surface area contributed by atoms with Crippen LogP contribution < -0.4 is 9.46 Å². The van der Waals surface area contributed by atoms with Gasteiger partial charge in [-0.1, -0.05) is 0 Å². The quantitative estimate of drug-likeness (QED) is 0.313. The average Bonchev–Trinajstić information content (AvgIpc) is 3.30. The first-order valence-corrected chi connectivity index (χ1v) is 15.8. The second kappa shape index (κ2) is 11.4. The van der Waals surface area contributed by atoms with Crippen molar-refractivity contribution < 1.29 is 22.7 Å². The highest BCUT2D eigenvalue weighted by atomic mass is 32.2. The van der Waals surface area contributed by atoms with Gasteiger partial charge in [-0.2, -0.15) is 0 Å². The van der Waals surface area contributed by atoms with Gasteiger partial charge in [0.15, 0.2) is 4.21 Å². The number of rotatable bonds is 6. The van der Waals surface area contributed by atoms with Gasteiger partial charge in [0, 0.05) is 30.8 Å². The third kappa shape index (κ3) is 6.28. The first-order chi connectivity index (χ1) is 19.8. The number of aryl methyl sites for hydroxylation is 2. The number of carbonyl (C=O) groups excluding carboxylic acids is 1. The van der Waals surface area contributed by atoms with E-state index in [0.717, 1.165) is 17.0 Å². The smallest absolute Gasteiger partial charge is 0.410 e. The molecule has 222 valence electrons. The summed E-state index contributed by atoms with van der Waals surface area (Å²) in [7, 11) is -2.50. The number of carbonyl (C=O) groups is 1. The fourth-order valence-electron chi connectivity index (χ4n) is 4.86. The number of likely N-dealkylation sites (tertiary alicyclic amines) is 1. The van der Waals surface area contributed by atoms with Crippen LogP contribution in [0.2, 0.25) is 0 Å². The van der Waals surface area contributed by atoms with E-state index in [1.807, 2.05) is 32.9 Å². The normalized spacial score (nSPS) is 14.7. The standard InChI is InChI=1S/C28H33N7O5S2/c1-16-26(41-17(2)32-16)42(37,38)34-22-13-19(14-29-25(22)39-6)20-7-8-21-24(33-20)23(31-15-30-21)18-9-11-35(12-10-18)27(36)40-28(3,4)5/h7-8,13-15,18,34H,9-12H2,1-6H3. The van der Waals surface area contributed by atoms with Gasteiger partial charge in [0.1, 0.15) is 23.1 Å². The van der Waals surface area contributed by atoms with Crippen LogP contribution in [0, 0.1) is 13.8 Å². The molecule has 0 bridgehead atoms. The Kier molecular flexibility index (Phi) is 8.03. The van der Waals surface area contributed by atoms with Crippen molar-refractivity contribution in [2.75, 3.05) is 24.9 Å². The number of nitrogens with one attached hydrogen (secondary N) is 1. The number of hydrogen-bond acceptors (Lipinski definition) is 11. The molecule has 5 heterocycles. The topological polar surface area (TPSA) is 149 Å². The van der Waals surface area contributed by atoms with E-state index in [9.17, 15) is 13.2 Å². The van der Waals surface area contributed by atoms with Crippen molar-refractivity contribution in [3.05, 3.63) is 47.1 Å². The molecule has 0 unspecified atom stereocenters. The summed E-state index contributed by atoms with van der Waals surface area (Å²) in [5.74, 6) is 0.210. The number of ether oxygens (including phenoxy) is 2. The lowest BCUT2D eigenvalue weighted by Gasteiger charge is -2.33. The highest BCUT2D eigenvalue weighted by molar-refractivity contribution is 7.94. The Morgan fingerprint density at radius 1 is 1.10 bits per heavy atom. The Bertz CT molecular complexity index is 1740. The lowest BCUT2D eigenvalue weighted by molar-refractivity contribution is 0.0204. The molecule has 0 spiro atoms. The second-order valence-corrected chi connectivity index (χ2v) is 14.1. The minimum atomic E-state index is -3.92. The van der Waals surface area contributed by atoms with Crippen LogP contribution in [0.1, 0.15) is 55.9 Å². The summed E-state index contributed by atoms with van der Waals surface area (Å²) < 4.78 is 40.0. The zero-order chi connectivity index (χ0) is 30.2. The molecule has 1 aliphatic rings. The predicted molar refractivity (Wildman–Crippen MR) is 159 cm³/mol. The highest BCUT2D eigenvalue weighted by Crippen LogP contribution is 2.34. The molecular weight excluding hydrogens is 578 g/mol. The third-order valence-corrected chi connectivity index (χ3v) is 9.78. The zero-order valence-electron chi connectivity index (χ0n) is 24.3. The van der Waals surface area contributed by atoms with E-state index in [0.29, 0.717) is 58.9 Å². The van der Waals surface area contributed by atoms with Crippen LogP contribution in [0.5, 0.6) is 5.88 Å². The van der Waals surface area contributed by atoms with Crippen molar-refractivity contribution in [2.45, 2.75) is 63.2 Å². The SMILES string of the molecule is COc1ncc(-c2ccc3ncnc(C4CCN(C(=O)OC(C)(C)C)CC4)c3n2)cc1NS(=O)(=O)c1sc(C)nc1C. The monoisotopic (exact) mass is 611 g/mol. The van der Waals surface area contributed by atoms with E-state index in [4.69, 9.17) is 14.5 Å². The number of aromatic nitrogens is 5. The lowest BCUT2D eigenvalue weighted by atomic mass is 9.92. The summed E-state index contributed by atoms with van der Waals surface area (Å²) in [5, 5.41) is 0.653. The van der Waals surface area contributed by atoms with Crippen LogP contribution in [0.4, 0.5) is 10.5 Å². The van der Waals surface area contributed by atoms with E-state index in [-0.39, 0.29) is 27.8 Å². The highest BCUT2D eigenvalue weighted by Gasteiger charge is 2.29. The number of anilines is 1. The predicted octanol–water partition coefficient (Wildman–Crippen LogP) is 5.08. The van der Waals surface area contributed by atoms with Gasteiger partial charge >= 0.3 is 6.09 Å². The van der Waals surface area contributed by atoms with Crippen LogP contribution in [0.15, 0.2) is 34.9 Å². The molecule has 1 saturated heterocycles. The van der Waals surface area contributed by atoms with Gasteiger partial charge in [0.05, 0.1) is 34.7 Å². The largest absolute Gasteiger partial charge is 0.480 e. The maximum Gasteiger partial charge on any atom is 0.410 e. The van der Waals surface area contributed by atoms with Gasteiger partial charge in [-0.15, -0.1) is 11.3 Å². The summed E-state index contributed by atoms with van der Waals surface area (Å²) in [6, 6.07) is 5.31. The average molecular weight is 612 g/mol. The van der Waals surface area contributed by atoms with Crippen LogP contribution in [-0.2, 0) is 14.8 Å². The van der Waals surface area contributed by atoms with Crippen molar-refractivity contribution in [1.29, 1.82) is 0 Å². The molecule has 5 rings (SSSR count). The summed E-state index contributed by atoms with van der Waals surface area (Å²) in [5.41, 5.74) is 3.37. The molecule has 42 heavy (non-hydrogen) atoms. The Hall–Kier alpha value is -3.91. The van der Waals surface area contributed by atoms with Crippen molar-refractivity contribution >= 4 is 44.2 Å². The van der Waals surface area contributed by atoms with Crippen molar-refractivity contribution in [3.8, 4) is 17.1 Å². The summed E-state index contributed by atoms with van der Waals surface area (Å²) in [6.45, 7) is 10.1. The number of thiazole rings is 1. The van der Waals surface area contributed by atoms with Crippen molar-refractivity contribution in [3.63, 3.8) is 0 Å². The number of amides is 1. The number of methoxy groups -OCH3 is 1. The number of hydrogen-bond donors (Lipinski definition) is 1. The van der Waals surface area contributed by atoms with E-state index >= 15 is 0 Å².